The third kappa shape index (κ3) is 7.88. The molecule has 0 amide bonds. The molecule has 13 heteroatoms. The first-order valence-corrected chi connectivity index (χ1v) is 22.6. The molecule has 0 saturated heterocycles. The van der Waals surface area contributed by atoms with Crippen molar-refractivity contribution in [1.82, 2.24) is 0 Å². The number of hydrogen-bond donors (Lipinski definition) is 0. The Labute approximate surface area is 322 Å². The predicted octanol–water partition coefficient (Wildman–Crippen LogP) is 9.59. The summed E-state index contributed by atoms with van der Waals surface area (Å²) in [6.45, 7) is 3.59. The molecule has 0 heterocycles. The van der Waals surface area contributed by atoms with Crippen LogP contribution in [0.15, 0.2) is 199 Å². The second-order valence-electron chi connectivity index (χ2n) is 12.5. The summed E-state index contributed by atoms with van der Waals surface area (Å²) in [6, 6.07) is 45.9. The number of hydrogen-bond acceptors (Lipinski definition) is 9. The third-order valence-corrected chi connectivity index (χ3v) is 16.3. The number of rotatable bonds is 12. The summed E-state index contributed by atoms with van der Waals surface area (Å²) in [6.07, 6.45) is 0. The van der Waals surface area contributed by atoms with Crippen molar-refractivity contribution < 1.29 is 37.2 Å². The van der Waals surface area contributed by atoms with Crippen molar-refractivity contribution in [2.45, 2.75) is 43.2 Å². The normalized spacial score (nSPS) is 12.6. The Morgan fingerprint density at radius 3 is 1.11 bits per heavy atom. The standard InChI is InChI=1S/C42H34O9S4/c1-31-18-23-38(24-19-31)53(43,44)49-41-29-33-22-27-40(28-34(33)30-42(41)50-54(45,46)39-25-20-32(2)21-26-39)55(47,48)51-52(35-12-6-3-7-13-35,36-14-8-4-9-15-36)37-16-10-5-11-17-37/h3-30H,1-2H3. The Morgan fingerprint density at radius 2 is 0.709 bits per heavy atom. The van der Waals surface area contributed by atoms with Gasteiger partial charge in [-0.05, 0) is 120 Å². The van der Waals surface area contributed by atoms with Crippen LogP contribution in [0.3, 0.4) is 0 Å². The monoisotopic (exact) mass is 810 g/mol. The van der Waals surface area contributed by atoms with Crippen LogP contribution in [0.1, 0.15) is 11.1 Å². The molecule has 0 aliphatic rings. The zero-order valence-corrected chi connectivity index (χ0v) is 32.7. The van der Waals surface area contributed by atoms with Gasteiger partial charge in [-0.15, -0.1) is 0 Å². The summed E-state index contributed by atoms with van der Waals surface area (Å²) < 4.78 is 101. The summed E-state index contributed by atoms with van der Waals surface area (Å²) in [4.78, 5) is 1.36. The second-order valence-corrected chi connectivity index (χ2v) is 20.1. The van der Waals surface area contributed by atoms with E-state index in [0.717, 1.165) is 11.1 Å². The number of benzene rings is 7. The summed E-state index contributed by atoms with van der Waals surface area (Å²) in [5.74, 6) is -0.895. The Kier molecular flexibility index (Phi) is 10.3. The van der Waals surface area contributed by atoms with Gasteiger partial charge < -0.3 is 8.37 Å². The fraction of sp³-hybridized carbons (Fsp3) is 0.0476. The van der Waals surface area contributed by atoms with Gasteiger partial charge in [0.15, 0.2) is 11.5 Å². The Morgan fingerprint density at radius 1 is 0.345 bits per heavy atom. The maximum Gasteiger partial charge on any atom is 0.339 e. The summed E-state index contributed by atoms with van der Waals surface area (Å²) in [5.41, 5.74) is 1.63. The first kappa shape index (κ1) is 37.9. The van der Waals surface area contributed by atoms with E-state index in [4.69, 9.17) is 12.0 Å². The Balaban J connectivity index is 1.36. The average Bonchev–Trinajstić information content (AvgIpc) is 3.18. The Hall–Kier alpha value is -5.44. The highest BCUT2D eigenvalue weighted by Gasteiger charge is 2.38. The summed E-state index contributed by atoms with van der Waals surface area (Å²) >= 11 is 0. The van der Waals surface area contributed by atoms with E-state index in [1.165, 1.54) is 54.6 Å². The highest BCUT2D eigenvalue weighted by atomic mass is 32.3. The highest BCUT2D eigenvalue weighted by Crippen LogP contribution is 2.70. The molecule has 9 nitrogen and oxygen atoms in total. The van der Waals surface area contributed by atoms with E-state index >= 15 is 0 Å². The molecule has 0 fully saturated rings. The van der Waals surface area contributed by atoms with Crippen LogP contribution in [0, 0.1) is 13.8 Å². The van der Waals surface area contributed by atoms with E-state index in [0.29, 0.717) is 20.1 Å². The van der Waals surface area contributed by atoms with Crippen molar-refractivity contribution in [1.29, 1.82) is 0 Å². The highest BCUT2D eigenvalue weighted by molar-refractivity contribution is 8.33. The van der Waals surface area contributed by atoms with Crippen molar-refractivity contribution in [3.8, 4) is 11.5 Å². The van der Waals surface area contributed by atoms with Crippen molar-refractivity contribution in [3.05, 3.63) is 181 Å². The van der Waals surface area contributed by atoms with E-state index in [1.54, 1.807) is 38.1 Å². The SMILES string of the molecule is Cc1ccc(S(=O)(=O)Oc2cc3ccc(S(=O)(=O)OS(c4ccccc4)(c4ccccc4)c4ccccc4)cc3cc2OS(=O)(=O)c2ccc(C)cc2)cc1. The van der Waals surface area contributed by atoms with Gasteiger partial charge in [-0.25, -0.2) is 3.63 Å². The van der Waals surface area contributed by atoms with Crippen LogP contribution in [0.2, 0.25) is 0 Å². The van der Waals surface area contributed by atoms with Crippen LogP contribution < -0.4 is 8.37 Å². The molecule has 55 heavy (non-hydrogen) atoms. The largest absolute Gasteiger partial charge is 0.375 e. The van der Waals surface area contributed by atoms with Crippen molar-refractivity contribution >= 4 is 51.4 Å². The molecular weight excluding hydrogens is 777 g/mol. The minimum atomic E-state index is -4.58. The molecule has 0 aromatic heterocycles. The maximum absolute atomic E-state index is 14.5. The minimum absolute atomic E-state index is 0.162. The van der Waals surface area contributed by atoms with Crippen LogP contribution >= 0.6 is 10.3 Å². The lowest BCUT2D eigenvalue weighted by Crippen LogP contribution is -2.15. The van der Waals surface area contributed by atoms with Crippen LogP contribution in [-0.4, -0.2) is 25.3 Å². The molecule has 0 unspecified atom stereocenters. The summed E-state index contributed by atoms with van der Waals surface area (Å²) in [5, 5.41) is 0.541. The molecule has 0 saturated carbocycles. The first-order chi connectivity index (χ1) is 26.3. The van der Waals surface area contributed by atoms with Gasteiger partial charge in [0.05, 0.1) is 4.90 Å². The zero-order chi connectivity index (χ0) is 38.8. The van der Waals surface area contributed by atoms with Crippen molar-refractivity contribution in [2.75, 3.05) is 0 Å². The van der Waals surface area contributed by atoms with Gasteiger partial charge in [0, 0.05) is 14.7 Å². The van der Waals surface area contributed by atoms with Gasteiger partial charge >= 0.3 is 30.4 Å². The molecule has 0 bridgehead atoms. The van der Waals surface area contributed by atoms with Gasteiger partial charge in [0.25, 0.3) is 0 Å². The molecule has 0 aliphatic heterocycles. The van der Waals surface area contributed by atoms with Crippen LogP contribution in [-0.2, 0) is 34.0 Å². The molecule has 7 rings (SSSR count). The van der Waals surface area contributed by atoms with E-state index in [-0.39, 0.29) is 20.1 Å². The van der Waals surface area contributed by atoms with Gasteiger partial charge in [-0.1, -0.05) is 96.1 Å². The molecule has 0 atom stereocenters. The lowest BCUT2D eigenvalue weighted by Gasteiger charge is -2.39. The van der Waals surface area contributed by atoms with Gasteiger partial charge in [-0.2, -0.15) is 25.3 Å². The van der Waals surface area contributed by atoms with Gasteiger partial charge in [-0.3, -0.25) is 0 Å². The number of fused-ring (bicyclic) bond motifs is 1. The lowest BCUT2D eigenvalue weighted by atomic mass is 10.1. The topological polar surface area (TPSA) is 130 Å². The average molecular weight is 811 g/mol. The first-order valence-electron chi connectivity index (χ1n) is 16.8. The predicted molar refractivity (Wildman–Crippen MR) is 212 cm³/mol. The smallest absolute Gasteiger partial charge is 0.339 e. The summed E-state index contributed by atoms with van der Waals surface area (Å²) in [7, 11) is -16.5. The minimum Gasteiger partial charge on any atom is -0.375 e. The maximum atomic E-state index is 14.5. The molecule has 0 radical (unpaired) electrons. The number of aryl methyl sites for hydroxylation is 2. The molecule has 0 spiro atoms. The molecule has 0 aliphatic carbocycles. The molecular formula is C42H34O9S4. The molecule has 280 valence electrons. The van der Waals surface area contributed by atoms with Gasteiger partial charge in [0.2, 0.25) is 0 Å². The van der Waals surface area contributed by atoms with Crippen LogP contribution in [0.5, 0.6) is 11.5 Å². The molecule has 0 N–H and O–H groups in total. The van der Waals surface area contributed by atoms with E-state index < -0.39 is 52.2 Å². The van der Waals surface area contributed by atoms with E-state index in [2.05, 4.69) is 0 Å². The van der Waals surface area contributed by atoms with Crippen LogP contribution in [0.25, 0.3) is 10.8 Å². The zero-order valence-electron chi connectivity index (χ0n) is 29.5. The van der Waals surface area contributed by atoms with Gasteiger partial charge in [0.1, 0.15) is 9.79 Å². The van der Waals surface area contributed by atoms with E-state index in [1.807, 2.05) is 91.0 Å². The lowest BCUT2D eigenvalue weighted by molar-refractivity contribution is 0.450. The molecule has 7 aromatic carbocycles. The quantitative estimate of drug-likeness (QED) is 0.111. The fourth-order valence-electron chi connectivity index (χ4n) is 5.80. The fourth-order valence-corrected chi connectivity index (χ4v) is 12.9. The van der Waals surface area contributed by atoms with Crippen molar-refractivity contribution in [2.24, 2.45) is 0 Å². The van der Waals surface area contributed by atoms with Crippen LogP contribution in [0.4, 0.5) is 0 Å². The second kappa shape index (κ2) is 15.0. The van der Waals surface area contributed by atoms with E-state index in [9.17, 15) is 25.3 Å². The third-order valence-electron chi connectivity index (χ3n) is 8.60. The Bertz CT molecular complexity index is 2720. The van der Waals surface area contributed by atoms with Crippen molar-refractivity contribution in [3.63, 3.8) is 0 Å². The molecule has 7 aromatic rings.